The maximum atomic E-state index is 5.74. The molecule has 6 nitrogen and oxygen atoms in total. The third-order valence-corrected chi connectivity index (χ3v) is 3.28. The second-order valence-electron chi connectivity index (χ2n) is 4.70. The SMILES string of the molecule is c1cnc(-c2nccn2CCOC2CCCCO2)cn1. The van der Waals surface area contributed by atoms with Gasteiger partial charge in [0.05, 0.1) is 12.8 Å². The van der Waals surface area contributed by atoms with Gasteiger partial charge in [0, 0.05) is 37.9 Å². The molecule has 1 atom stereocenters. The summed E-state index contributed by atoms with van der Waals surface area (Å²) >= 11 is 0. The lowest BCUT2D eigenvalue weighted by atomic mass is 10.2. The summed E-state index contributed by atoms with van der Waals surface area (Å²) in [6, 6.07) is 0. The maximum absolute atomic E-state index is 5.74. The van der Waals surface area contributed by atoms with Gasteiger partial charge in [-0.2, -0.15) is 0 Å². The first-order valence-corrected chi connectivity index (χ1v) is 6.94. The molecule has 1 fully saturated rings. The van der Waals surface area contributed by atoms with Crippen LogP contribution in [0.1, 0.15) is 19.3 Å². The summed E-state index contributed by atoms with van der Waals surface area (Å²) in [5.74, 6) is 0.811. The number of ether oxygens (including phenoxy) is 2. The quantitative estimate of drug-likeness (QED) is 0.833. The van der Waals surface area contributed by atoms with Gasteiger partial charge < -0.3 is 14.0 Å². The highest BCUT2D eigenvalue weighted by Gasteiger charge is 2.14. The summed E-state index contributed by atoms with van der Waals surface area (Å²) in [7, 11) is 0. The van der Waals surface area contributed by atoms with Crippen molar-refractivity contribution < 1.29 is 9.47 Å². The minimum Gasteiger partial charge on any atom is -0.353 e. The lowest BCUT2D eigenvalue weighted by molar-refractivity contribution is -0.163. The van der Waals surface area contributed by atoms with E-state index in [9.17, 15) is 0 Å². The fourth-order valence-corrected chi connectivity index (χ4v) is 2.26. The van der Waals surface area contributed by atoms with Crippen molar-refractivity contribution in [2.24, 2.45) is 0 Å². The normalized spacial score (nSPS) is 19.1. The van der Waals surface area contributed by atoms with E-state index in [1.807, 2.05) is 10.8 Å². The van der Waals surface area contributed by atoms with Crippen LogP contribution in [0.5, 0.6) is 0 Å². The molecule has 0 saturated carbocycles. The third kappa shape index (κ3) is 3.20. The molecular weight excluding hydrogens is 256 g/mol. The highest BCUT2D eigenvalue weighted by Crippen LogP contribution is 2.15. The van der Waals surface area contributed by atoms with Crippen molar-refractivity contribution in [1.82, 2.24) is 19.5 Å². The van der Waals surface area contributed by atoms with Crippen molar-refractivity contribution in [3.05, 3.63) is 31.0 Å². The monoisotopic (exact) mass is 274 g/mol. The van der Waals surface area contributed by atoms with Crippen molar-refractivity contribution in [3.63, 3.8) is 0 Å². The van der Waals surface area contributed by atoms with Gasteiger partial charge in [0.25, 0.3) is 0 Å². The molecule has 2 aromatic heterocycles. The Kier molecular flexibility index (Phi) is 4.35. The van der Waals surface area contributed by atoms with Crippen LogP contribution in [0.2, 0.25) is 0 Å². The highest BCUT2D eigenvalue weighted by molar-refractivity contribution is 5.47. The van der Waals surface area contributed by atoms with Gasteiger partial charge >= 0.3 is 0 Å². The molecule has 1 unspecified atom stereocenters. The van der Waals surface area contributed by atoms with Crippen molar-refractivity contribution in [2.45, 2.75) is 32.1 Å². The Morgan fingerprint density at radius 1 is 1.25 bits per heavy atom. The molecule has 1 aliphatic rings. The lowest BCUT2D eigenvalue weighted by Gasteiger charge is -2.22. The van der Waals surface area contributed by atoms with Gasteiger partial charge in [-0.15, -0.1) is 0 Å². The van der Waals surface area contributed by atoms with Crippen molar-refractivity contribution in [3.8, 4) is 11.5 Å². The Hall–Kier alpha value is -1.79. The Balaban J connectivity index is 1.57. The summed E-state index contributed by atoms with van der Waals surface area (Å²) in [5, 5.41) is 0. The van der Waals surface area contributed by atoms with Gasteiger partial charge in [-0.25, -0.2) is 9.97 Å². The molecule has 3 rings (SSSR count). The van der Waals surface area contributed by atoms with E-state index in [4.69, 9.17) is 9.47 Å². The van der Waals surface area contributed by atoms with E-state index in [2.05, 4.69) is 15.0 Å². The van der Waals surface area contributed by atoms with Crippen molar-refractivity contribution >= 4 is 0 Å². The van der Waals surface area contributed by atoms with E-state index >= 15 is 0 Å². The van der Waals surface area contributed by atoms with Gasteiger partial charge in [0.15, 0.2) is 12.1 Å². The first kappa shape index (κ1) is 13.2. The zero-order valence-corrected chi connectivity index (χ0v) is 11.3. The molecular formula is C14H18N4O2. The predicted octanol–water partition coefficient (Wildman–Crippen LogP) is 1.88. The molecule has 0 radical (unpaired) electrons. The Labute approximate surface area is 117 Å². The number of hydrogen-bond donors (Lipinski definition) is 0. The maximum Gasteiger partial charge on any atom is 0.160 e. The lowest BCUT2D eigenvalue weighted by Crippen LogP contribution is -2.24. The van der Waals surface area contributed by atoms with Crippen molar-refractivity contribution in [2.75, 3.05) is 13.2 Å². The van der Waals surface area contributed by atoms with Gasteiger partial charge in [-0.05, 0) is 19.3 Å². The molecule has 106 valence electrons. The van der Waals surface area contributed by atoms with Crippen LogP contribution >= 0.6 is 0 Å². The zero-order valence-electron chi connectivity index (χ0n) is 11.3. The average molecular weight is 274 g/mol. The summed E-state index contributed by atoms with van der Waals surface area (Å²) in [5.41, 5.74) is 0.770. The van der Waals surface area contributed by atoms with Crippen LogP contribution in [0.15, 0.2) is 31.0 Å². The molecule has 3 heterocycles. The first-order chi connectivity index (χ1) is 9.93. The van der Waals surface area contributed by atoms with Crippen LogP contribution in [-0.2, 0) is 16.0 Å². The van der Waals surface area contributed by atoms with E-state index in [0.717, 1.165) is 37.5 Å². The minimum atomic E-state index is -0.0489. The number of aromatic nitrogens is 4. The number of imidazole rings is 1. The number of nitrogens with zero attached hydrogens (tertiary/aromatic N) is 4. The third-order valence-electron chi connectivity index (χ3n) is 3.28. The molecule has 0 aliphatic carbocycles. The van der Waals surface area contributed by atoms with Gasteiger partial charge in [-0.3, -0.25) is 4.98 Å². The first-order valence-electron chi connectivity index (χ1n) is 6.94. The Morgan fingerprint density at radius 3 is 3.05 bits per heavy atom. The summed E-state index contributed by atoms with van der Waals surface area (Å²) in [6.45, 7) is 2.14. The van der Waals surface area contributed by atoms with E-state index in [1.54, 1.807) is 24.8 Å². The molecule has 6 heteroatoms. The molecule has 1 saturated heterocycles. The average Bonchev–Trinajstić information content (AvgIpc) is 2.98. The Bertz CT molecular complexity index is 523. The minimum absolute atomic E-state index is 0.0489. The van der Waals surface area contributed by atoms with E-state index in [1.165, 1.54) is 6.42 Å². The number of hydrogen-bond acceptors (Lipinski definition) is 5. The van der Waals surface area contributed by atoms with E-state index < -0.39 is 0 Å². The summed E-state index contributed by atoms with van der Waals surface area (Å²) in [6.07, 6.45) is 12.0. The van der Waals surface area contributed by atoms with Crippen LogP contribution in [0.25, 0.3) is 11.5 Å². The van der Waals surface area contributed by atoms with E-state index in [-0.39, 0.29) is 6.29 Å². The summed E-state index contributed by atoms with van der Waals surface area (Å²) in [4.78, 5) is 12.7. The smallest absolute Gasteiger partial charge is 0.160 e. The van der Waals surface area contributed by atoms with Crippen LogP contribution in [0, 0.1) is 0 Å². The van der Waals surface area contributed by atoms with Crippen LogP contribution in [0.4, 0.5) is 0 Å². The molecule has 0 bridgehead atoms. The van der Waals surface area contributed by atoms with Gasteiger partial charge in [-0.1, -0.05) is 0 Å². The fraction of sp³-hybridized carbons (Fsp3) is 0.500. The van der Waals surface area contributed by atoms with Gasteiger partial charge in [0.2, 0.25) is 0 Å². The molecule has 0 spiro atoms. The molecule has 1 aliphatic heterocycles. The number of rotatable bonds is 5. The second kappa shape index (κ2) is 6.58. The second-order valence-corrected chi connectivity index (χ2v) is 4.70. The zero-order chi connectivity index (χ0) is 13.6. The molecule has 2 aromatic rings. The molecule has 0 amide bonds. The van der Waals surface area contributed by atoms with Crippen LogP contribution < -0.4 is 0 Å². The van der Waals surface area contributed by atoms with Crippen LogP contribution in [0.3, 0.4) is 0 Å². The highest BCUT2D eigenvalue weighted by atomic mass is 16.7. The Morgan fingerprint density at radius 2 is 2.25 bits per heavy atom. The molecule has 0 aromatic carbocycles. The largest absolute Gasteiger partial charge is 0.353 e. The van der Waals surface area contributed by atoms with Crippen molar-refractivity contribution in [1.29, 1.82) is 0 Å². The fourth-order valence-electron chi connectivity index (χ4n) is 2.26. The standard InChI is InChI=1S/C14H18N4O2/c1-2-9-19-13(3-1)20-10-8-18-7-6-17-14(18)12-11-15-4-5-16-12/h4-7,11,13H,1-3,8-10H2. The summed E-state index contributed by atoms with van der Waals surface area (Å²) < 4.78 is 13.3. The predicted molar refractivity (Wildman–Crippen MR) is 72.8 cm³/mol. The van der Waals surface area contributed by atoms with Crippen LogP contribution in [-0.4, -0.2) is 39.0 Å². The molecule has 20 heavy (non-hydrogen) atoms. The molecule has 0 N–H and O–H groups in total. The topological polar surface area (TPSA) is 62.1 Å². The van der Waals surface area contributed by atoms with Gasteiger partial charge in [0.1, 0.15) is 5.69 Å². The van der Waals surface area contributed by atoms with E-state index in [0.29, 0.717) is 6.61 Å².